The summed E-state index contributed by atoms with van der Waals surface area (Å²) in [5.74, 6) is 0.363. The molecular formula is C17H22BNO3. The van der Waals surface area contributed by atoms with Gasteiger partial charge in [0, 0.05) is 18.2 Å². The van der Waals surface area contributed by atoms with E-state index in [1.807, 2.05) is 6.07 Å². The molecule has 1 saturated heterocycles. The van der Waals surface area contributed by atoms with Crippen molar-refractivity contribution in [1.82, 2.24) is 4.90 Å². The molecular weight excluding hydrogens is 277 g/mol. The van der Waals surface area contributed by atoms with Crippen molar-refractivity contribution in [1.29, 1.82) is 0 Å². The van der Waals surface area contributed by atoms with E-state index < -0.39 is 0 Å². The van der Waals surface area contributed by atoms with Crippen LogP contribution in [0, 0.1) is 0 Å². The Labute approximate surface area is 133 Å². The van der Waals surface area contributed by atoms with Gasteiger partial charge in [-0.2, -0.15) is 0 Å². The highest BCUT2D eigenvalue weighted by molar-refractivity contribution is 6.32. The van der Waals surface area contributed by atoms with Gasteiger partial charge in [-0.25, -0.2) is 4.79 Å². The standard InChI is InChI=1S/C17H22BNO3/c1-2-21-17(20)8-5-14-13-15(18)6-7-16(14)22-12-11-19-9-3-4-10-19/h5-8,13H,2-4,9-12H2,1H3/b8-5+. The minimum atomic E-state index is -0.368. The van der Waals surface area contributed by atoms with Gasteiger partial charge in [-0.15, -0.1) is 0 Å². The van der Waals surface area contributed by atoms with Crippen molar-refractivity contribution in [2.45, 2.75) is 19.8 Å². The maximum Gasteiger partial charge on any atom is 0.330 e. The summed E-state index contributed by atoms with van der Waals surface area (Å²) in [5, 5.41) is 0. The minimum absolute atomic E-state index is 0.360. The van der Waals surface area contributed by atoms with Crippen LogP contribution in [0.1, 0.15) is 25.3 Å². The summed E-state index contributed by atoms with van der Waals surface area (Å²) in [5.41, 5.74) is 1.42. The first kappa shape index (κ1) is 16.6. The van der Waals surface area contributed by atoms with Crippen LogP contribution in [0.5, 0.6) is 5.75 Å². The highest BCUT2D eigenvalue weighted by Crippen LogP contribution is 2.19. The van der Waals surface area contributed by atoms with Crippen LogP contribution in [-0.2, 0) is 9.53 Å². The van der Waals surface area contributed by atoms with E-state index in [9.17, 15) is 4.79 Å². The molecule has 1 fully saturated rings. The molecule has 1 aliphatic heterocycles. The predicted molar refractivity (Wildman–Crippen MR) is 88.7 cm³/mol. The number of carbonyl (C=O) groups excluding carboxylic acids is 1. The Morgan fingerprint density at radius 1 is 1.36 bits per heavy atom. The number of likely N-dealkylation sites (tertiary alicyclic amines) is 1. The van der Waals surface area contributed by atoms with Crippen LogP contribution in [0.4, 0.5) is 0 Å². The Morgan fingerprint density at radius 3 is 2.86 bits per heavy atom. The Hall–Kier alpha value is -1.75. The molecule has 116 valence electrons. The molecule has 4 nitrogen and oxygen atoms in total. The van der Waals surface area contributed by atoms with Gasteiger partial charge < -0.3 is 9.47 Å². The molecule has 5 heteroatoms. The summed E-state index contributed by atoms with van der Waals surface area (Å²) in [6, 6.07) is 5.43. The van der Waals surface area contributed by atoms with Crippen LogP contribution in [0.3, 0.4) is 0 Å². The summed E-state index contributed by atoms with van der Waals surface area (Å²) in [4.78, 5) is 13.8. The van der Waals surface area contributed by atoms with Crippen molar-refractivity contribution in [3.05, 3.63) is 29.8 Å². The summed E-state index contributed by atoms with van der Waals surface area (Å²) >= 11 is 0. The number of hydrogen-bond donors (Lipinski definition) is 0. The van der Waals surface area contributed by atoms with Gasteiger partial charge in [-0.1, -0.05) is 17.6 Å². The molecule has 1 heterocycles. The van der Waals surface area contributed by atoms with Crippen LogP contribution in [0.25, 0.3) is 6.08 Å². The van der Waals surface area contributed by atoms with Gasteiger partial charge in [-0.3, -0.25) is 4.90 Å². The second-order valence-corrected chi connectivity index (χ2v) is 5.28. The summed E-state index contributed by atoms with van der Waals surface area (Å²) in [6.07, 6.45) is 5.62. The molecule has 0 bridgehead atoms. The summed E-state index contributed by atoms with van der Waals surface area (Å²) < 4.78 is 10.7. The smallest absolute Gasteiger partial charge is 0.330 e. The summed E-state index contributed by atoms with van der Waals surface area (Å²) in [7, 11) is 5.81. The quantitative estimate of drug-likeness (QED) is 0.435. The van der Waals surface area contributed by atoms with Crippen molar-refractivity contribution in [2.75, 3.05) is 32.8 Å². The lowest BCUT2D eigenvalue weighted by atomic mass is 9.94. The zero-order valence-electron chi connectivity index (χ0n) is 13.1. The highest BCUT2D eigenvalue weighted by Gasteiger charge is 2.11. The monoisotopic (exact) mass is 299 g/mol. The number of rotatable bonds is 7. The molecule has 0 aliphatic carbocycles. The molecule has 1 aromatic rings. The third-order valence-corrected chi connectivity index (χ3v) is 3.58. The molecule has 1 aliphatic rings. The van der Waals surface area contributed by atoms with Crippen LogP contribution >= 0.6 is 0 Å². The van der Waals surface area contributed by atoms with E-state index in [4.69, 9.17) is 17.3 Å². The molecule has 0 atom stereocenters. The highest BCUT2D eigenvalue weighted by atomic mass is 16.5. The average Bonchev–Trinajstić information content (AvgIpc) is 3.00. The molecule has 0 spiro atoms. The van der Waals surface area contributed by atoms with Gasteiger partial charge in [0.25, 0.3) is 0 Å². The van der Waals surface area contributed by atoms with E-state index >= 15 is 0 Å². The van der Waals surface area contributed by atoms with Gasteiger partial charge in [0.1, 0.15) is 20.2 Å². The van der Waals surface area contributed by atoms with Gasteiger partial charge in [0.05, 0.1) is 6.61 Å². The van der Waals surface area contributed by atoms with E-state index in [1.54, 1.807) is 25.1 Å². The Kier molecular flexibility index (Phi) is 6.53. The van der Waals surface area contributed by atoms with E-state index in [0.717, 1.165) is 30.9 Å². The molecule has 2 rings (SSSR count). The number of ether oxygens (including phenoxy) is 2. The fourth-order valence-electron chi connectivity index (χ4n) is 2.47. The van der Waals surface area contributed by atoms with Crippen LogP contribution in [0.15, 0.2) is 24.3 Å². The van der Waals surface area contributed by atoms with Gasteiger partial charge in [0.15, 0.2) is 0 Å². The molecule has 0 amide bonds. The number of esters is 1. The van der Waals surface area contributed by atoms with Crippen LogP contribution in [0.2, 0.25) is 0 Å². The van der Waals surface area contributed by atoms with Crippen molar-refractivity contribution in [2.24, 2.45) is 0 Å². The second kappa shape index (κ2) is 8.64. The number of hydrogen-bond acceptors (Lipinski definition) is 4. The normalized spacial score (nSPS) is 15.3. The van der Waals surface area contributed by atoms with Gasteiger partial charge >= 0.3 is 5.97 Å². The first-order chi connectivity index (χ1) is 10.7. The minimum Gasteiger partial charge on any atom is -0.492 e. The van der Waals surface area contributed by atoms with E-state index in [-0.39, 0.29) is 5.97 Å². The topological polar surface area (TPSA) is 38.8 Å². The lowest BCUT2D eigenvalue weighted by molar-refractivity contribution is -0.137. The second-order valence-electron chi connectivity index (χ2n) is 5.28. The maximum atomic E-state index is 11.4. The lowest BCUT2D eigenvalue weighted by Crippen LogP contribution is -2.25. The van der Waals surface area contributed by atoms with E-state index in [1.165, 1.54) is 18.9 Å². The molecule has 1 aromatic carbocycles. The van der Waals surface area contributed by atoms with Crippen LogP contribution in [-0.4, -0.2) is 51.6 Å². The fourth-order valence-corrected chi connectivity index (χ4v) is 2.47. The Bertz CT molecular complexity index is 525. The predicted octanol–water partition coefficient (Wildman–Crippen LogP) is 1.53. The zero-order chi connectivity index (χ0) is 15.8. The first-order valence-electron chi connectivity index (χ1n) is 7.78. The third-order valence-electron chi connectivity index (χ3n) is 3.58. The Balaban J connectivity index is 1.95. The Morgan fingerprint density at radius 2 is 2.14 bits per heavy atom. The summed E-state index contributed by atoms with van der Waals surface area (Å²) in [6.45, 7) is 6.00. The van der Waals surface area contributed by atoms with Crippen molar-refractivity contribution < 1.29 is 14.3 Å². The zero-order valence-corrected chi connectivity index (χ0v) is 13.1. The van der Waals surface area contributed by atoms with Gasteiger partial charge in [-0.05, 0) is 45.0 Å². The molecule has 22 heavy (non-hydrogen) atoms. The van der Waals surface area contributed by atoms with Crippen molar-refractivity contribution >= 4 is 25.4 Å². The fraction of sp³-hybridized carbons (Fsp3) is 0.471. The van der Waals surface area contributed by atoms with E-state index in [2.05, 4.69) is 4.90 Å². The SMILES string of the molecule is [B]c1ccc(OCCN2CCCC2)c(/C=C/C(=O)OCC)c1. The molecule has 0 unspecified atom stereocenters. The van der Waals surface area contributed by atoms with Gasteiger partial charge in [0.2, 0.25) is 0 Å². The van der Waals surface area contributed by atoms with Crippen molar-refractivity contribution in [3.8, 4) is 5.75 Å². The number of nitrogens with zero attached hydrogens (tertiary/aromatic N) is 1. The first-order valence-corrected chi connectivity index (χ1v) is 7.78. The molecule has 0 aromatic heterocycles. The largest absolute Gasteiger partial charge is 0.492 e. The lowest BCUT2D eigenvalue weighted by Gasteiger charge is -2.16. The van der Waals surface area contributed by atoms with E-state index in [0.29, 0.717) is 18.7 Å². The molecule has 0 saturated carbocycles. The molecule has 2 radical (unpaired) electrons. The number of carbonyl (C=O) groups is 1. The van der Waals surface area contributed by atoms with Crippen molar-refractivity contribution in [3.63, 3.8) is 0 Å². The number of benzene rings is 1. The maximum absolute atomic E-state index is 11.4. The third kappa shape index (κ3) is 5.22. The molecule has 0 N–H and O–H groups in total. The average molecular weight is 299 g/mol. The van der Waals surface area contributed by atoms with Crippen LogP contribution < -0.4 is 10.2 Å².